The van der Waals surface area contributed by atoms with Gasteiger partial charge in [-0.2, -0.15) is 0 Å². The van der Waals surface area contributed by atoms with Gasteiger partial charge in [-0.25, -0.2) is 0 Å². The van der Waals surface area contributed by atoms with Crippen LogP contribution in [0.25, 0.3) is 0 Å². The van der Waals surface area contributed by atoms with Gasteiger partial charge in [-0.15, -0.1) is 0 Å². The first-order valence-corrected chi connectivity index (χ1v) is 8.62. The van der Waals surface area contributed by atoms with Crippen molar-refractivity contribution in [1.82, 2.24) is 4.90 Å². The smallest absolute Gasteiger partial charge is 0.263 e. The number of ether oxygens (including phenoxy) is 1. The van der Waals surface area contributed by atoms with Gasteiger partial charge in [-0.05, 0) is 61.6 Å². The molecule has 0 saturated carbocycles. The highest BCUT2D eigenvalue weighted by Gasteiger charge is 2.25. The maximum Gasteiger partial charge on any atom is 0.263 e. The lowest BCUT2D eigenvalue weighted by Crippen LogP contribution is -2.43. The van der Waals surface area contributed by atoms with Crippen LogP contribution in [-0.2, 0) is 17.8 Å². The second-order valence-corrected chi connectivity index (χ2v) is 6.79. The standard InChI is InChI=1S/C20H22ClNO2/c1-13-10-18(11-14(2)19(13)21)24-15(3)20(23)22-9-8-16-6-4-5-7-17(16)12-22/h4-7,10-11,15H,8-9,12H2,1-3H3/t15-/m1/s1. The van der Waals surface area contributed by atoms with Crippen LogP contribution in [-0.4, -0.2) is 23.5 Å². The Bertz CT molecular complexity index is 749. The van der Waals surface area contributed by atoms with Crippen LogP contribution in [0.1, 0.15) is 29.2 Å². The largest absolute Gasteiger partial charge is 0.481 e. The van der Waals surface area contributed by atoms with E-state index in [4.69, 9.17) is 16.3 Å². The van der Waals surface area contributed by atoms with E-state index in [0.29, 0.717) is 12.3 Å². The molecule has 0 fully saturated rings. The molecule has 2 aromatic carbocycles. The van der Waals surface area contributed by atoms with Gasteiger partial charge in [0, 0.05) is 18.1 Å². The lowest BCUT2D eigenvalue weighted by molar-refractivity contribution is -0.138. The molecule has 3 nitrogen and oxygen atoms in total. The van der Waals surface area contributed by atoms with Crippen LogP contribution in [0.3, 0.4) is 0 Å². The molecule has 0 spiro atoms. The number of hydrogen-bond acceptors (Lipinski definition) is 2. The fourth-order valence-corrected chi connectivity index (χ4v) is 3.28. The molecular weight excluding hydrogens is 322 g/mol. The third-order valence-electron chi connectivity index (χ3n) is 4.51. The molecule has 0 saturated heterocycles. The van der Waals surface area contributed by atoms with Gasteiger partial charge in [-0.3, -0.25) is 4.79 Å². The van der Waals surface area contributed by atoms with Crippen LogP contribution in [0.5, 0.6) is 5.75 Å². The second-order valence-electron chi connectivity index (χ2n) is 6.41. The summed E-state index contributed by atoms with van der Waals surface area (Å²) in [6, 6.07) is 12.1. The van der Waals surface area contributed by atoms with Crippen molar-refractivity contribution in [2.75, 3.05) is 6.54 Å². The fourth-order valence-electron chi connectivity index (χ4n) is 3.17. The van der Waals surface area contributed by atoms with Gasteiger partial charge in [0.25, 0.3) is 5.91 Å². The topological polar surface area (TPSA) is 29.5 Å². The van der Waals surface area contributed by atoms with Gasteiger partial charge < -0.3 is 9.64 Å². The van der Waals surface area contributed by atoms with E-state index in [9.17, 15) is 4.79 Å². The number of hydrogen-bond donors (Lipinski definition) is 0. The Kier molecular flexibility index (Phi) is 4.81. The molecule has 2 aromatic rings. The zero-order chi connectivity index (χ0) is 17.3. The molecule has 0 bridgehead atoms. The van der Waals surface area contributed by atoms with Crippen molar-refractivity contribution in [2.45, 2.75) is 39.8 Å². The van der Waals surface area contributed by atoms with E-state index in [0.717, 1.165) is 29.1 Å². The van der Waals surface area contributed by atoms with Crippen molar-refractivity contribution >= 4 is 17.5 Å². The minimum Gasteiger partial charge on any atom is -0.481 e. The normalized spacial score (nSPS) is 14.9. The second kappa shape index (κ2) is 6.86. The van der Waals surface area contributed by atoms with Crippen molar-refractivity contribution in [1.29, 1.82) is 0 Å². The molecule has 0 radical (unpaired) electrons. The third kappa shape index (κ3) is 3.41. The van der Waals surface area contributed by atoms with Crippen molar-refractivity contribution in [3.05, 3.63) is 63.7 Å². The summed E-state index contributed by atoms with van der Waals surface area (Å²) in [5.41, 5.74) is 4.47. The molecule has 0 aromatic heterocycles. The zero-order valence-corrected chi connectivity index (χ0v) is 15.1. The van der Waals surface area contributed by atoms with Crippen LogP contribution in [0.15, 0.2) is 36.4 Å². The van der Waals surface area contributed by atoms with Gasteiger partial charge in [0.2, 0.25) is 0 Å². The Morgan fingerprint density at radius 1 is 1.17 bits per heavy atom. The molecule has 126 valence electrons. The van der Waals surface area contributed by atoms with Crippen LogP contribution < -0.4 is 4.74 Å². The Balaban J connectivity index is 1.70. The monoisotopic (exact) mass is 343 g/mol. The van der Waals surface area contributed by atoms with Crippen molar-refractivity contribution < 1.29 is 9.53 Å². The minimum atomic E-state index is -0.518. The SMILES string of the molecule is Cc1cc(O[C@H](C)C(=O)N2CCc3ccccc3C2)cc(C)c1Cl. The van der Waals surface area contributed by atoms with E-state index >= 15 is 0 Å². The van der Waals surface area contributed by atoms with Gasteiger partial charge in [0.1, 0.15) is 5.75 Å². The van der Waals surface area contributed by atoms with Crippen LogP contribution in [0.2, 0.25) is 5.02 Å². The molecule has 0 unspecified atom stereocenters. The summed E-state index contributed by atoms with van der Waals surface area (Å²) in [6.45, 7) is 7.08. The van der Waals surface area contributed by atoms with Gasteiger partial charge in [0.15, 0.2) is 6.10 Å². The maximum absolute atomic E-state index is 12.7. The first-order chi connectivity index (χ1) is 11.5. The fraction of sp³-hybridized carbons (Fsp3) is 0.350. The molecule has 1 heterocycles. The van der Waals surface area contributed by atoms with Gasteiger partial charge >= 0.3 is 0 Å². The van der Waals surface area contributed by atoms with E-state index < -0.39 is 6.10 Å². The summed E-state index contributed by atoms with van der Waals surface area (Å²) in [5.74, 6) is 0.711. The predicted octanol–water partition coefficient (Wildman–Crippen LogP) is 4.31. The number of aryl methyl sites for hydroxylation is 2. The average Bonchev–Trinajstić information content (AvgIpc) is 2.58. The minimum absolute atomic E-state index is 0.0229. The Morgan fingerprint density at radius 3 is 2.46 bits per heavy atom. The summed E-state index contributed by atoms with van der Waals surface area (Å²) in [5, 5.41) is 0.744. The third-order valence-corrected chi connectivity index (χ3v) is 5.11. The molecule has 0 aliphatic carbocycles. The predicted molar refractivity (Wildman–Crippen MR) is 96.6 cm³/mol. The molecule has 0 N–H and O–H groups in total. The summed E-state index contributed by atoms with van der Waals surface area (Å²) in [4.78, 5) is 14.6. The zero-order valence-electron chi connectivity index (χ0n) is 14.3. The van der Waals surface area contributed by atoms with Crippen molar-refractivity contribution in [3.63, 3.8) is 0 Å². The Labute approximate surface area is 148 Å². The Hall–Kier alpha value is -2.00. The van der Waals surface area contributed by atoms with E-state index in [1.165, 1.54) is 11.1 Å². The highest BCUT2D eigenvalue weighted by Crippen LogP contribution is 2.27. The summed E-state index contributed by atoms with van der Waals surface area (Å²) < 4.78 is 5.88. The molecule has 1 atom stereocenters. The summed E-state index contributed by atoms with van der Waals surface area (Å²) in [6.07, 6.45) is 0.378. The highest BCUT2D eigenvalue weighted by atomic mass is 35.5. The molecule has 1 aliphatic rings. The lowest BCUT2D eigenvalue weighted by atomic mass is 9.99. The number of fused-ring (bicyclic) bond motifs is 1. The highest BCUT2D eigenvalue weighted by molar-refractivity contribution is 6.32. The average molecular weight is 344 g/mol. The van der Waals surface area contributed by atoms with E-state index in [1.807, 2.05) is 49.9 Å². The summed E-state index contributed by atoms with van der Waals surface area (Å²) >= 11 is 6.19. The van der Waals surface area contributed by atoms with Crippen molar-refractivity contribution in [3.8, 4) is 5.75 Å². The van der Waals surface area contributed by atoms with E-state index in [2.05, 4.69) is 12.1 Å². The number of carbonyl (C=O) groups is 1. The van der Waals surface area contributed by atoms with E-state index in [1.54, 1.807) is 0 Å². The number of benzene rings is 2. The first-order valence-electron chi connectivity index (χ1n) is 8.24. The first kappa shape index (κ1) is 16.8. The lowest BCUT2D eigenvalue weighted by Gasteiger charge is -2.31. The van der Waals surface area contributed by atoms with Gasteiger partial charge in [-0.1, -0.05) is 35.9 Å². The number of carbonyl (C=O) groups excluding carboxylic acids is 1. The van der Waals surface area contributed by atoms with Crippen LogP contribution >= 0.6 is 11.6 Å². The van der Waals surface area contributed by atoms with Crippen LogP contribution in [0.4, 0.5) is 0 Å². The number of amides is 1. The Morgan fingerprint density at radius 2 is 1.79 bits per heavy atom. The quantitative estimate of drug-likeness (QED) is 0.831. The molecule has 1 aliphatic heterocycles. The molecule has 1 amide bonds. The van der Waals surface area contributed by atoms with E-state index in [-0.39, 0.29) is 5.91 Å². The number of rotatable bonds is 3. The number of halogens is 1. The van der Waals surface area contributed by atoms with Crippen molar-refractivity contribution in [2.24, 2.45) is 0 Å². The van der Waals surface area contributed by atoms with Crippen LogP contribution in [0, 0.1) is 13.8 Å². The molecular formula is C20H22ClNO2. The molecule has 24 heavy (non-hydrogen) atoms. The maximum atomic E-state index is 12.7. The van der Waals surface area contributed by atoms with Gasteiger partial charge in [0.05, 0.1) is 0 Å². The molecule has 3 rings (SSSR count). The number of nitrogens with zero attached hydrogens (tertiary/aromatic N) is 1. The molecule has 4 heteroatoms. The summed E-state index contributed by atoms with van der Waals surface area (Å²) in [7, 11) is 0.